The number of hydrogen-bond donors (Lipinski definition) is 0. The number of hydrogen-bond acceptors (Lipinski definition) is 4. The van der Waals surface area contributed by atoms with E-state index in [1.165, 1.54) is 35.5 Å². The standard InChI is InChI=1S/C55H34N4S/c1-3-14-35(15-4-1)40-31-33-47(50(34-40)59-48-24-11-9-20-43(48)44-21-10-12-25-49(44)59)55-57-53(38-17-5-2-6-18-38)56-54(58-55)39-28-26-37(27-29-39)42-22-13-23-45-46-32-30-36-16-7-8-19-41(36)52(46)60-51(42)45/h1-34H/i9D,10D,11D,12D,20D,21D,24D,25D. The molecule has 0 unspecified atom stereocenters. The van der Waals surface area contributed by atoms with Crippen molar-refractivity contribution in [3.8, 4) is 62.1 Å². The highest BCUT2D eigenvalue weighted by molar-refractivity contribution is 7.27. The van der Waals surface area contributed by atoms with Gasteiger partial charge in [-0.1, -0.05) is 182 Å². The molecule has 0 aliphatic rings. The Morgan fingerprint density at radius 1 is 0.383 bits per heavy atom. The summed E-state index contributed by atoms with van der Waals surface area (Å²) in [6, 6.07) is 48.6. The highest BCUT2D eigenvalue weighted by atomic mass is 32.1. The molecule has 280 valence electrons. The van der Waals surface area contributed by atoms with Crippen LogP contribution in [-0.4, -0.2) is 19.5 Å². The van der Waals surface area contributed by atoms with Gasteiger partial charge in [-0.2, -0.15) is 0 Å². The summed E-state index contributed by atoms with van der Waals surface area (Å²) in [5.41, 5.74) is 5.99. The van der Waals surface area contributed by atoms with E-state index in [2.05, 4.69) is 66.7 Å². The number of thiophene rings is 1. The summed E-state index contributed by atoms with van der Waals surface area (Å²) < 4.78 is 75.6. The minimum atomic E-state index is -0.512. The van der Waals surface area contributed by atoms with Crippen molar-refractivity contribution >= 4 is 64.1 Å². The number of para-hydroxylation sites is 2. The van der Waals surface area contributed by atoms with Crippen LogP contribution in [0.5, 0.6) is 0 Å². The van der Waals surface area contributed by atoms with Gasteiger partial charge in [0.25, 0.3) is 0 Å². The molecular weight excluding hydrogens is 749 g/mol. The van der Waals surface area contributed by atoms with Crippen molar-refractivity contribution in [1.29, 1.82) is 0 Å². The number of benzene rings is 9. The number of fused-ring (bicyclic) bond motifs is 8. The molecule has 0 bridgehead atoms. The summed E-state index contributed by atoms with van der Waals surface area (Å²) in [6.45, 7) is 0. The first kappa shape index (κ1) is 27.0. The lowest BCUT2D eigenvalue weighted by atomic mass is 10.00. The summed E-state index contributed by atoms with van der Waals surface area (Å²) in [6.07, 6.45) is 0. The number of nitrogens with zero attached hydrogens (tertiary/aromatic N) is 4. The molecule has 0 aliphatic heterocycles. The van der Waals surface area contributed by atoms with Crippen LogP contribution >= 0.6 is 11.3 Å². The van der Waals surface area contributed by atoms with Gasteiger partial charge < -0.3 is 4.57 Å². The van der Waals surface area contributed by atoms with Crippen LogP contribution in [0.4, 0.5) is 0 Å². The van der Waals surface area contributed by atoms with Crippen molar-refractivity contribution in [3.63, 3.8) is 0 Å². The van der Waals surface area contributed by atoms with E-state index in [0.29, 0.717) is 22.9 Å². The van der Waals surface area contributed by atoms with Gasteiger partial charge in [0.15, 0.2) is 17.5 Å². The molecule has 0 radical (unpaired) electrons. The maximum Gasteiger partial charge on any atom is 0.166 e. The topological polar surface area (TPSA) is 43.6 Å². The fourth-order valence-electron chi connectivity index (χ4n) is 8.27. The van der Waals surface area contributed by atoms with E-state index < -0.39 is 48.3 Å². The van der Waals surface area contributed by atoms with Gasteiger partial charge in [-0.05, 0) is 57.2 Å². The van der Waals surface area contributed by atoms with Crippen LogP contribution in [0.2, 0.25) is 0 Å². The quantitative estimate of drug-likeness (QED) is 0.168. The van der Waals surface area contributed by atoms with Gasteiger partial charge in [0, 0.05) is 47.6 Å². The Hall–Kier alpha value is -7.73. The third-order valence-electron chi connectivity index (χ3n) is 11.1. The molecule has 3 heterocycles. The molecule has 9 aromatic carbocycles. The van der Waals surface area contributed by atoms with Crippen molar-refractivity contribution in [2.24, 2.45) is 0 Å². The van der Waals surface area contributed by atoms with Crippen LogP contribution in [0, 0.1) is 0 Å². The third kappa shape index (κ3) is 5.63. The molecule has 5 heteroatoms. The lowest BCUT2D eigenvalue weighted by Crippen LogP contribution is -2.04. The Balaban J connectivity index is 1.10. The summed E-state index contributed by atoms with van der Waals surface area (Å²) in [5, 5.41) is 4.84. The van der Waals surface area contributed by atoms with Crippen molar-refractivity contribution in [2.45, 2.75) is 0 Å². The summed E-state index contributed by atoms with van der Waals surface area (Å²) in [7, 11) is 0. The van der Waals surface area contributed by atoms with E-state index in [1.54, 1.807) is 11.3 Å². The minimum absolute atomic E-state index is 0.000503. The molecule has 3 aromatic heterocycles. The second kappa shape index (κ2) is 14.0. The Kier molecular flexibility index (Phi) is 6.30. The van der Waals surface area contributed by atoms with Gasteiger partial charge in [-0.25, -0.2) is 15.0 Å². The molecule has 4 nitrogen and oxygen atoms in total. The van der Waals surface area contributed by atoms with Crippen molar-refractivity contribution in [3.05, 3.63) is 206 Å². The Bertz CT molecular complexity index is 3980. The minimum Gasteiger partial charge on any atom is -0.308 e. The first-order valence-electron chi connectivity index (χ1n) is 23.5. The average molecular weight is 791 g/mol. The molecule has 0 saturated heterocycles. The highest BCUT2D eigenvalue weighted by Gasteiger charge is 2.21. The van der Waals surface area contributed by atoms with Crippen molar-refractivity contribution < 1.29 is 11.0 Å². The van der Waals surface area contributed by atoms with Crippen LogP contribution in [0.15, 0.2) is 206 Å². The normalized spacial score (nSPS) is 13.5. The van der Waals surface area contributed by atoms with E-state index in [-0.39, 0.29) is 27.6 Å². The number of aromatic nitrogens is 4. The fraction of sp³-hybridized carbons (Fsp3) is 0. The maximum absolute atomic E-state index is 9.30. The molecule has 0 N–H and O–H groups in total. The van der Waals surface area contributed by atoms with E-state index in [9.17, 15) is 2.74 Å². The second-order valence-electron chi connectivity index (χ2n) is 14.6. The molecule has 0 saturated carbocycles. The van der Waals surface area contributed by atoms with E-state index in [0.717, 1.165) is 33.4 Å². The van der Waals surface area contributed by atoms with Crippen molar-refractivity contribution in [1.82, 2.24) is 19.5 Å². The fourth-order valence-corrected chi connectivity index (χ4v) is 9.64. The molecule has 0 amide bonds. The largest absolute Gasteiger partial charge is 0.308 e. The summed E-state index contributed by atoms with van der Waals surface area (Å²) in [4.78, 5) is 15.3. The average Bonchev–Trinajstić information content (AvgIpc) is 3.96. The Morgan fingerprint density at radius 3 is 1.68 bits per heavy atom. The molecule has 0 spiro atoms. The lowest BCUT2D eigenvalue weighted by Gasteiger charge is -2.16. The van der Waals surface area contributed by atoms with Gasteiger partial charge in [0.2, 0.25) is 0 Å². The van der Waals surface area contributed by atoms with Gasteiger partial charge in [-0.15, -0.1) is 11.3 Å². The van der Waals surface area contributed by atoms with Gasteiger partial charge in [0.05, 0.1) is 27.7 Å². The molecular formula is C55H34N4S. The van der Waals surface area contributed by atoms with E-state index in [4.69, 9.17) is 23.2 Å². The predicted octanol–water partition coefficient (Wildman–Crippen LogP) is 14.8. The molecule has 0 aliphatic carbocycles. The highest BCUT2D eigenvalue weighted by Crippen LogP contribution is 2.43. The van der Waals surface area contributed by atoms with Crippen LogP contribution in [-0.2, 0) is 0 Å². The predicted molar refractivity (Wildman–Crippen MR) is 252 cm³/mol. The van der Waals surface area contributed by atoms with E-state index >= 15 is 0 Å². The molecule has 0 atom stereocenters. The summed E-state index contributed by atoms with van der Waals surface area (Å²) in [5.74, 6) is 1.02. The van der Waals surface area contributed by atoms with Crippen molar-refractivity contribution in [2.75, 3.05) is 0 Å². The Labute approximate surface area is 361 Å². The third-order valence-corrected chi connectivity index (χ3v) is 12.4. The zero-order valence-corrected chi connectivity index (χ0v) is 32.5. The molecule has 12 aromatic rings. The van der Waals surface area contributed by atoms with Gasteiger partial charge in [0.1, 0.15) is 0 Å². The maximum atomic E-state index is 9.30. The SMILES string of the molecule is [2H]c1c([2H])c([2H])c2c(c1[2H])c1c([2H])c([2H])c([2H])c([2H])c1n2-c1cc(-c2ccccc2)ccc1-c1nc(-c2ccccc2)nc(-c2ccc(-c3cccc4c3sc3c5ccccc5ccc43)cc2)n1. The summed E-state index contributed by atoms with van der Waals surface area (Å²) >= 11 is 1.80. The smallest absolute Gasteiger partial charge is 0.166 e. The zero-order valence-electron chi connectivity index (χ0n) is 39.7. The van der Waals surface area contributed by atoms with Crippen LogP contribution in [0.1, 0.15) is 11.0 Å². The van der Waals surface area contributed by atoms with E-state index in [1.807, 2.05) is 91.0 Å². The zero-order chi connectivity index (χ0) is 46.5. The van der Waals surface area contributed by atoms with Gasteiger partial charge >= 0.3 is 0 Å². The monoisotopic (exact) mass is 790 g/mol. The van der Waals surface area contributed by atoms with Crippen LogP contribution in [0.25, 0.3) is 115 Å². The first-order chi connectivity index (χ1) is 33.1. The van der Waals surface area contributed by atoms with Gasteiger partial charge in [-0.3, -0.25) is 0 Å². The first-order valence-corrected chi connectivity index (χ1v) is 20.4. The molecule has 0 fully saturated rings. The second-order valence-corrected chi connectivity index (χ2v) is 15.6. The molecule has 60 heavy (non-hydrogen) atoms. The lowest BCUT2D eigenvalue weighted by molar-refractivity contribution is 1.06. The van der Waals surface area contributed by atoms with Crippen LogP contribution in [0.3, 0.4) is 0 Å². The van der Waals surface area contributed by atoms with Crippen LogP contribution < -0.4 is 0 Å². The molecule has 12 rings (SSSR count). The Morgan fingerprint density at radius 2 is 0.950 bits per heavy atom. The number of rotatable bonds is 6.